The van der Waals surface area contributed by atoms with E-state index in [0.717, 1.165) is 4.70 Å². The highest BCUT2D eigenvalue weighted by atomic mass is 79.9. The molecule has 0 aliphatic carbocycles. The Bertz CT molecular complexity index is 1140. The summed E-state index contributed by atoms with van der Waals surface area (Å²) in [6.45, 7) is 3.84. The average Bonchev–Trinajstić information content (AvgIpc) is 3.12. The van der Waals surface area contributed by atoms with Crippen molar-refractivity contribution in [1.29, 1.82) is 0 Å². The summed E-state index contributed by atoms with van der Waals surface area (Å²) in [6.07, 6.45) is 1.47. The number of carbonyl (C=O) groups excluding carboxylic acids is 1. The van der Waals surface area contributed by atoms with Gasteiger partial charge in [-0.1, -0.05) is 0 Å². The number of nitrogens with one attached hydrogen (secondary N) is 1. The molecule has 0 radical (unpaired) electrons. The Balaban J connectivity index is 1.75. The van der Waals surface area contributed by atoms with Gasteiger partial charge in [0.2, 0.25) is 0 Å². The van der Waals surface area contributed by atoms with Gasteiger partial charge in [0, 0.05) is 22.2 Å². The van der Waals surface area contributed by atoms with Crippen molar-refractivity contribution in [2.24, 2.45) is 5.10 Å². The average molecular weight is 492 g/mol. The third-order valence-electron chi connectivity index (χ3n) is 3.92. The molecular formula is C20H18BrN3O5S. The molecule has 0 saturated heterocycles. The van der Waals surface area contributed by atoms with E-state index in [9.17, 15) is 14.9 Å². The van der Waals surface area contributed by atoms with Gasteiger partial charge in [-0.05, 0) is 59.6 Å². The van der Waals surface area contributed by atoms with Crippen LogP contribution in [-0.4, -0.2) is 30.3 Å². The lowest BCUT2D eigenvalue weighted by Crippen LogP contribution is -2.16. The van der Waals surface area contributed by atoms with Gasteiger partial charge < -0.3 is 9.47 Å². The lowest BCUT2D eigenvalue weighted by atomic mass is 10.2. The zero-order valence-electron chi connectivity index (χ0n) is 16.3. The van der Waals surface area contributed by atoms with Gasteiger partial charge in [0.15, 0.2) is 11.5 Å². The van der Waals surface area contributed by atoms with Gasteiger partial charge >= 0.3 is 0 Å². The summed E-state index contributed by atoms with van der Waals surface area (Å²) in [7, 11) is 1.55. The lowest BCUT2D eigenvalue weighted by molar-refractivity contribution is -0.384. The van der Waals surface area contributed by atoms with E-state index in [-0.39, 0.29) is 11.8 Å². The second-order valence-electron chi connectivity index (χ2n) is 6.49. The number of amides is 1. The van der Waals surface area contributed by atoms with Gasteiger partial charge in [-0.15, -0.1) is 11.3 Å². The molecule has 1 aromatic heterocycles. The molecule has 156 valence electrons. The number of fused-ring (bicyclic) bond motifs is 1. The summed E-state index contributed by atoms with van der Waals surface area (Å²) in [4.78, 5) is 23.2. The number of ether oxygens (including phenoxy) is 2. The van der Waals surface area contributed by atoms with Gasteiger partial charge in [-0.3, -0.25) is 14.9 Å². The molecule has 0 spiro atoms. The van der Waals surface area contributed by atoms with Gasteiger partial charge in [0.1, 0.15) is 0 Å². The topological polar surface area (TPSA) is 103 Å². The lowest BCUT2D eigenvalue weighted by Gasteiger charge is -2.15. The van der Waals surface area contributed by atoms with Crippen molar-refractivity contribution in [3.05, 3.63) is 61.4 Å². The molecule has 0 unspecified atom stereocenters. The highest BCUT2D eigenvalue weighted by Crippen LogP contribution is 2.37. The fraction of sp³-hybridized carbons (Fsp3) is 0.200. The van der Waals surface area contributed by atoms with Crippen molar-refractivity contribution in [3.63, 3.8) is 0 Å². The van der Waals surface area contributed by atoms with E-state index >= 15 is 0 Å². The maximum atomic E-state index is 12.4. The fourth-order valence-electron chi connectivity index (χ4n) is 2.64. The van der Waals surface area contributed by atoms with Crippen molar-refractivity contribution < 1.29 is 19.2 Å². The van der Waals surface area contributed by atoms with Crippen LogP contribution in [0.5, 0.6) is 11.5 Å². The molecule has 1 N–H and O–H groups in total. The molecule has 8 nitrogen and oxygen atoms in total. The molecule has 0 fully saturated rings. The number of rotatable bonds is 7. The van der Waals surface area contributed by atoms with Crippen LogP contribution in [0.1, 0.15) is 29.1 Å². The number of non-ortho nitro benzene ring substituents is 1. The molecular weight excluding hydrogens is 474 g/mol. The first-order chi connectivity index (χ1) is 14.3. The van der Waals surface area contributed by atoms with E-state index in [4.69, 9.17) is 9.47 Å². The third-order valence-corrected chi connectivity index (χ3v) is 5.62. The van der Waals surface area contributed by atoms with Gasteiger partial charge in [-0.25, -0.2) is 5.43 Å². The van der Waals surface area contributed by atoms with E-state index < -0.39 is 10.8 Å². The van der Waals surface area contributed by atoms with Crippen LogP contribution in [0.4, 0.5) is 5.69 Å². The van der Waals surface area contributed by atoms with E-state index in [1.54, 1.807) is 31.4 Å². The SMILES string of the molecule is COc1cc(C=NNC(=O)c2cc3cc([N+](=O)[O-])ccc3s2)cc(Br)c1OC(C)C. The Hall–Kier alpha value is -2.98. The first-order valence-corrected chi connectivity index (χ1v) is 10.4. The van der Waals surface area contributed by atoms with Gasteiger partial charge in [0.05, 0.1) is 33.7 Å². The predicted octanol–water partition coefficient (Wildman–Crippen LogP) is 5.13. The maximum absolute atomic E-state index is 12.4. The van der Waals surface area contributed by atoms with E-state index in [0.29, 0.717) is 31.8 Å². The van der Waals surface area contributed by atoms with Crippen LogP contribution in [0.15, 0.2) is 46.0 Å². The molecule has 1 heterocycles. The number of hydrogen-bond acceptors (Lipinski definition) is 7. The summed E-state index contributed by atoms with van der Waals surface area (Å²) in [5, 5.41) is 15.5. The number of carbonyl (C=O) groups is 1. The monoisotopic (exact) mass is 491 g/mol. The fourth-order valence-corrected chi connectivity index (χ4v) is 4.13. The summed E-state index contributed by atoms with van der Waals surface area (Å²) in [5.41, 5.74) is 3.15. The number of nitro groups is 1. The Morgan fingerprint density at radius 3 is 2.73 bits per heavy atom. The molecule has 0 aliphatic heterocycles. The summed E-state index contributed by atoms with van der Waals surface area (Å²) in [5.74, 6) is 0.728. The van der Waals surface area contributed by atoms with Gasteiger partial charge in [0.25, 0.3) is 11.6 Å². The summed E-state index contributed by atoms with van der Waals surface area (Å²) < 4.78 is 12.6. The molecule has 0 saturated carbocycles. The number of hydrazone groups is 1. The molecule has 30 heavy (non-hydrogen) atoms. The molecule has 0 aliphatic rings. The predicted molar refractivity (Wildman–Crippen MR) is 120 cm³/mol. The Morgan fingerprint density at radius 1 is 1.30 bits per heavy atom. The normalized spacial score (nSPS) is 11.2. The zero-order valence-corrected chi connectivity index (χ0v) is 18.7. The molecule has 10 heteroatoms. The first-order valence-electron chi connectivity index (χ1n) is 8.84. The van der Waals surface area contributed by atoms with E-state index in [1.165, 1.54) is 29.7 Å². The number of nitrogens with zero attached hydrogens (tertiary/aromatic N) is 2. The molecule has 0 bridgehead atoms. The first kappa shape index (κ1) is 21.7. The number of nitro benzene ring substituents is 1. The molecule has 0 atom stereocenters. The Morgan fingerprint density at radius 2 is 2.07 bits per heavy atom. The van der Waals surface area contributed by atoms with Gasteiger partial charge in [-0.2, -0.15) is 5.10 Å². The molecule has 3 rings (SSSR count). The minimum atomic E-state index is -0.467. The van der Waals surface area contributed by atoms with Crippen LogP contribution in [0, 0.1) is 10.1 Å². The van der Waals surface area contributed by atoms with Crippen LogP contribution in [-0.2, 0) is 0 Å². The number of thiophene rings is 1. The van der Waals surface area contributed by atoms with Crippen molar-refractivity contribution >= 4 is 55.2 Å². The molecule has 2 aromatic carbocycles. The minimum absolute atomic E-state index is 0.0169. The van der Waals surface area contributed by atoms with Crippen LogP contribution in [0.2, 0.25) is 0 Å². The largest absolute Gasteiger partial charge is 0.493 e. The van der Waals surface area contributed by atoms with E-state index in [1.807, 2.05) is 13.8 Å². The highest BCUT2D eigenvalue weighted by Gasteiger charge is 2.14. The van der Waals surface area contributed by atoms with Crippen molar-refractivity contribution in [3.8, 4) is 11.5 Å². The smallest absolute Gasteiger partial charge is 0.281 e. The number of benzene rings is 2. The standard InChI is InChI=1S/C20H18BrN3O5S/c1-11(2)29-19-15(21)6-12(7-16(19)28-3)10-22-23-20(25)18-9-13-8-14(24(26)27)4-5-17(13)30-18/h4-11H,1-3H3,(H,23,25). The van der Waals surface area contributed by atoms with E-state index in [2.05, 4.69) is 26.5 Å². The quantitative estimate of drug-likeness (QED) is 0.280. The second-order valence-corrected chi connectivity index (χ2v) is 8.43. The molecule has 3 aromatic rings. The Labute approximate surface area is 184 Å². The number of hydrogen-bond donors (Lipinski definition) is 1. The maximum Gasteiger partial charge on any atom is 0.281 e. The third kappa shape index (κ3) is 4.95. The summed E-state index contributed by atoms with van der Waals surface area (Å²) >= 11 is 4.70. The number of methoxy groups -OCH3 is 1. The van der Waals surface area contributed by atoms with Crippen LogP contribution < -0.4 is 14.9 Å². The van der Waals surface area contributed by atoms with Crippen molar-refractivity contribution in [2.45, 2.75) is 20.0 Å². The van der Waals surface area contributed by atoms with Crippen LogP contribution >= 0.6 is 27.3 Å². The van der Waals surface area contributed by atoms with Crippen molar-refractivity contribution in [2.75, 3.05) is 7.11 Å². The zero-order chi connectivity index (χ0) is 21.8. The van der Waals surface area contributed by atoms with Crippen LogP contribution in [0.3, 0.4) is 0 Å². The molecule has 1 amide bonds. The Kier molecular flexibility index (Phi) is 6.68. The van der Waals surface area contributed by atoms with Crippen LogP contribution in [0.25, 0.3) is 10.1 Å². The number of halogens is 1. The minimum Gasteiger partial charge on any atom is -0.493 e. The van der Waals surface area contributed by atoms with Crippen molar-refractivity contribution in [1.82, 2.24) is 5.43 Å². The second kappa shape index (κ2) is 9.23. The highest BCUT2D eigenvalue weighted by molar-refractivity contribution is 9.10. The summed E-state index contributed by atoms with van der Waals surface area (Å²) in [6, 6.07) is 9.64.